The van der Waals surface area contributed by atoms with Crippen molar-refractivity contribution >= 4 is 23.0 Å². The Morgan fingerprint density at radius 1 is 0.610 bits per heavy atom. The Bertz CT molecular complexity index is 1370. The van der Waals surface area contributed by atoms with Crippen molar-refractivity contribution in [1.82, 2.24) is 0 Å². The molecule has 18 nitrogen and oxygen atoms in total. The lowest BCUT2D eigenvalue weighted by molar-refractivity contribution is -0.542. The largest absolute Gasteiger partial charge is 0.481 e. The third-order valence-corrected chi connectivity index (χ3v) is 15.4. The van der Waals surface area contributed by atoms with Crippen LogP contribution in [0.1, 0.15) is 141 Å². The molecule has 0 aliphatic heterocycles. The van der Waals surface area contributed by atoms with Crippen molar-refractivity contribution in [3.63, 3.8) is 0 Å². The summed E-state index contributed by atoms with van der Waals surface area (Å²) in [5.41, 5.74) is 0. The summed E-state index contributed by atoms with van der Waals surface area (Å²) < 4.78 is 37.9. The van der Waals surface area contributed by atoms with Crippen LogP contribution in [0, 0.1) is 43.9 Å². The van der Waals surface area contributed by atoms with Gasteiger partial charge < -0.3 is 19.3 Å². The van der Waals surface area contributed by atoms with E-state index in [0.29, 0.717) is 44.9 Å². The molecule has 0 aromatic carbocycles. The third-order valence-electron chi connectivity index (χ3n) is 14.0. The number of carboxylic acid groups (broad SMARTS) is 1. The fourth-order valence-electron chi connectivity index (χ4n) is 10.5. The average molecular weight is 861 g/mol. The summed E-state index contributed by atoms with van der Waals surface area (Å²) in [7, 11) is 0. The Kier molecular flexibility index (Phi) is 17.7. The van der Waals surface area contributed by atoms with Gasteiger partial charge in [-0.1, -0.05) is 0 Å². The molecule has 59 heavy (non-hydrogen) atoms. The van der Waals surface area contributed by atoms with Crippen LogP contribution in [-0.4, -0.2) is 110 Å². The van der Waals surface area contributed by atoms with E-state index in [-0.39, 0.29) is 84.7 Å². The molecule has 2 N–H and O–H groups in total. The number of carboxylic acids is 1. The van der Waals surface area contributed by atoms with Gasteiger partial charge in [-0.05, 0) is 134 Å². The maximum atomic E-state index is 13.2. The Hall–Kier alpha value is -2.39. The van der Waals surface area contributed by atoms with Gasteiger partial charge in [0.25, 0.3) is 0 Å². The van der Waals surface area contributed by atoms with E-state index in [1.165, 1.54) is 0 Å². The number of rotatable bonds is 18. The maximum Gasteiger partial charge on any atom is 0.317 e. The Balaban J connectivity index is 0.809. The number of nitrogens with zero attached hydrogens (tertiary/aromatic N) is 2. The maximum absolute atomic E-state index is 13.2. The molecule has 6 rings (SSSR count). The van der Waals surface area contributed by atoms with E-state index in [2.05, 4.69) is 4.89 Å². The normalized spacial score (nSPS) is 38.8. The molecule has 6 aliphatic carbocycles. The number of carbonyl (C=O) groups is 2. The molecule has 6 fully saturated rings. The SMILES string of the molecule is O=C(O)C1CCCC([N+](=O)[O-])C1C(=O)OC1CCC(OC2CCC(S(=O)OC3CCC(OC4CCC(OOCC5C(COO)CCCC5[N+](=O)[O-])CC4)CC3)CC2)CC1. The van der Waals surface area contributed by atoms with Gasteiger partial charge >= 0.3 is 11.9 Å². The smallest absolute Gasteiger partial charge is 0.317 e. The van der Waals surface area contributed by atoms with Crippen molar-refractivity contribution in [2.75, 3.05) is 13.2 Å². The molecule has 0 aromatic rings. The van der Waals surface area contributed by atoms with Gasteiger partial charge in [-0.25, -0.2) is 18.9 Å². The molecule has 0 radical (unpaired) electrons. The van der Waals surface area contributed by atoms with Crippen LogP contribution in [0.2, 0.25) is 0 Å². The zero-order valence-corrected chi connectivity index (χ0v) is 34.8. The average Bonchev–Trinajstić information content (AvgIpc) is 3.23. The summed E-state index contributed by atoms with van der Waals surface area (Å²) >= 11 is -1.38. The predicted molar refractivity (Wildman–Crippen MR) is 208 cm³/mol. The zero-order chi connectivity index (χ0) is 41.9. The van der Waals surface area contributed by atoms with E-state index >= 15 is 0 Å². The number of esters is 1. The first-order chi connectivity index (χ1) is 28.5. The van der Waals surface area contributed by atoms with Crippen LogP contribution >= 0.6 is 0 Å². The minimum absolute atomic E-state index is 0.00244. The lowest BCUT2D eigenvalue weighted by atomic mass is 9.76. The second-order valence-electron chi connectivity index (χ2n) is 17.8. The van der Waals surface area contributed by atoms with E-state index in [9.17, 15) is 39.1 Å². The van der Waals surface area contributed by atoms with Crippen molar-refractivity contribution in [2.45, 2.75) is 201 Å². The van der Waals surface area contributed by atoms with Gasteiger partial charge in [0.2, 0.25) is 12.1 Å². The van der Waals surface area contributed by atoms with Crippen LogP contribution < -0.4 is 0 Å². The summed E-state index contributed by atoms with van der Waals surface area (Å²) in [6.45, 7) is 0.134. The lowest BCUT2D eigenvalue weighted by Gasteiger charge is -2.36. The summed E-state index contributed by atoms with van der Waals surface area (Å²) in [6.07, 6.45) is 14.5. The molecule has 0 aromatic heterocycles. The van der Waals surface area contributed by atoms with E-state index < -0.39 is 58.0 Å². The summed E-state index contributed by atoms with van der Waals surface area (Å²) in [6, 6.07) is -1.98. The highest BCUT2D eigenvalue weighted by molar-refractivity contribution is 7.80. The molecule has 336 valence electrons. The van der Waals surface area contributed by atoms with E-state index in [4.69, 9.17) is 33.4 Å². The van der Waals surface area contributed by atoms with Crippen LogP contribution in [-0.2, 0) is 53.7 Å². The molecule has 0 amide bonds. The van der Waals surface area contributed by atoms with Crippen LogP contribution in [0.3, 0.4) is 0 Å². The van der Waals surface area contributed by atoms with Gasteiger partial charge in [-0.3, -0.25) is 39.3 Å². The molecule has 19 heteroatoms. The van der Waals surface area contributed by atoms with Crippen LogP contribution in [0.5, 0.6) is 0 Å². The summed E-state index contributed by atoms with van der Waals surface area (Å²) in [5.74, 6) is -4.89. The quantitative estimate of drug-likeness (QED) is 0.0681. The second kappa shape index (κ2) is 22.6. The van der Waals surface area contributed by atoms with Crippen molar-refractivity contribution in [1.29, 1.82) is 0 Å². The first kappa shape index (κ1) is 46.1. The van der Waals surface area contributed by atoms with Crippen molar-refractivity contribution in [2.24, 2.45) is 23.7 Å². The van der Waals surface area contributed by atoms with Gasteiger partial charge in [0.15, 0.2) is 11.1 Å². The number of hydrogen-bond donors (Lipinski definition) is 2. The second-order valence-corrected chi connectivity index (χ2v) is 19.2. The molecule has 0 heterocycles. The van der Waals surface area contributed by atoms with Crippen LogP contribution in [0.4, 0.5) is 0 Å². The molecule has 7 atom stereocenters. The highest BCUT2D eigenvalue weighted by atomic mass is 32.2. The molecular formula is C40H64N2O16S. The van der Waals surface area contributed by atoms with Gasteiger partial charge in [-0.2, -0.15) is 0 Å². The van der Waals surface area contributed by atoms with E-state index in [0.717, 1.165) is 83.5 Å². The fraction of sp³-hybridized carbons (Fsp3) is 0.950. The van der Waals surface area contributed by atoms with Crippen molar-refractivity contribution in [3.8, 4) is 0 Å². The summed E-state index contributed by atoms with van der Waals surface area (Å²) in [5, 5.41) is 41.7. The van der Waals surface area contributed by atoms with Crippen molar-refractivity contribution in [3.05, 3.63) is 20.2 Å². The minimum Gasteiger partial charge on any atom is -0.481 e. The minimum atomic E-state index is -1.38. The zero-order valence-electron chi connectivity index (χ0n) is 34.0. The Morgan fingerprint density at radius 3 is 1.64 bits per heavy atom. The predicted octanol–water partition coefficient (Wildman–Crippen LogP) is 6.13. The topological polar surface area (TPSA) is 243 Å². The van der Waals surface area contributed by atoms with Gasteiger partial charge in [0.1, 0.15) is 12.0 Å². The first-order valence-electron chi connectivity index (χ1n) is 22.1. The van der Waals surface area contributed by atoms with Crippen LogP contribution in [0.15, 0.2) is 0 Å². The monoisotopic (exact) mass is 860 g/mol. The molecule has 6 saturated carbocycles. The Morgan fingerprint density at radius 2 is 1.10 bits per heavy atom. The van der Waals surface area contributed by atoms with E-state index in [1.807, 2.05) is 0 Å². The third kappa shape index (κ3) is 13.1. The standard InChI is InChI=1S/C40H64N2O16S/c43-39(44)34-4-2-6-37(42(48)49)38(34)40(45)56-30-9-7-26(8-10-30)55-29-19-21-33(22-20-29)59(51)58-32-17-13-28(14-18-32)54-27-11-15-31(16-12-27)57-53-24-35-25(23-52-50)3-1-5-36(35)41(46)47/h25-38,50H,1-24H2,(H,43,44). The number of aliphatic carboxylic acids is 1. The summed E-state index contributed by atoms with van der Waals surface area (Å²) in [4.78, 5) is 62.7. The molecule has 6 aliphatic rings. The van der Waals surface area contributed by atoms with Gasteiger partial charge in [0, 0.05) is 22.7 Å². The lowest BCUT2D eigenvalue weighted by Crippen LogP contribution is -2.47. The number of nitro groups is 2. The number of carbonyl (C=O) groups excluding carboxylic acids is 1. The van der Waals surface area contributed by atoms with E-state index in [1.54, 1.807) is 0 Å². The first-order valence-corrected chi connectivity index (χ1v) is 23.3. The Labute approximate surface area is 347 Å². The molecule has 0 saturated heterocycles. The fourth-order valence-corrected chi connectivity index (χ4v) is 11.8. The molecule has 0 spiro atoms. The molecule has 7 unspecified atom stereocenters. The van der Waals surface area contributed by atoms with Crippen molar-refractivity contribution < 1.29 is 67.1 Å². The number of ether oxygens (including phenoxy) is 3. The van der Waals surface area contributed by atoms with Gasteiger partial charge in [0.05, 0.1) is 66.9 Å². The van der Waals surface area contributed by atoms with Gasteiger partial charge in [-0.15, -0.1) is 0 Å². The highest BCUT2D eigenvalue weighted by Gasteiger charge is 2.50. The highest BCUT2D eigenvalue weighted by Crippen LogP contribution is 2.37. The number of hydrogen-bond acceptors (Lipinski definition) is 15. The molecular weight excluding hydrogens is 797 g/mol. The molecule has 0 bridgehead atoms. The van der Waals surface area contributed by atoms with Crippen LogP contribution in [0.25, 0.3) is 0 Å².